The van der Waals surface area contributed by atoms with Gasteiger partial charge in [0.15, 0.2) is 5.78 Å². The summed E-state index contributed by atoms with van der Waals surface area (Å²) in [5.41, 5.74) is 1.09. The molecule has 4 heteroatoms. The molecule has 0 aromatic heterocycles. The predicted molar refractivity (Wildman–Crippen MR) is 73.2 cm³/mol. The van der Waals surface area contributed by atoms with Gasteiger partial charge in [-0.25, -0.2) is 8.78 Å². The van der Waals surface area contributed by atoms with E-state index in [9.17, 15) is 13.6 Å². The van der Waals surface area contributed by atoms with Gasteiger partial charge in [-0.15, -0.1) is 0 Å². The summed E-state index contributed by atoms with van der Waals surface area (Å²) in [6.07, 6.45) is 0.665. The van der Waals surface area contributed by atoms with Crippen LogP contribution in [0.1, 0.15) is 22.3 Å². The SMILES string of the molecule is O=C(CCc1cccc(F)c1)c1ccc(Br)c(F)c1. The van der Waals surface area contributed by atoms with Crippen LogP contribution < -0.4 is 0 Å². The molecule has 0 aliphatic carbocycles. The molecule has 2 aromatic rings. The van der Waals surface area contributed by atoms with E-state index in [1.54, 1.807) is 18.2 Å². The number of Topliss-reactive ketones (excluding diaryl/α,β-unsaturated/α-hetero) is 1. The number of rotatable bonds is 4. The van der Waals surface area contributed by atoms with Crippen molar-refractivity contribution in [3.8, 4) is 0 Å². The Labute approximate surface area is 118 Å². The average Bonchev–Trinajstić information content (AvgIpc) is 2.39. The molecule has 1 nitrogen and oxygen atoms in total. The van der Waals surface area contributed by atoms with Gasteiger partial charge in [0, 0.05) is 12.0 Å². The molecule has 0 aliphatic rings. The molecule has 19 heavy (non-hydrogen) atoms. The van der Waals surface area contributed by atoms with E-state index in [0.717, 1.165) is 5.56 Å². The van der Waals surface area contributed by atoms with Crippen molar-refractivity contribution < 1.29 is 13.6 Å². The summed E-state index contributed by atoms with van der Waals surface area (Å²) in [6, 6.07) is 10.4. The molecular formula is C15H11BrF2O. The smallest absolute Gasteiger partial charge is 0.163 e. The summed E-state index contributed by atoms with van der Waals surface area (Å²) in [7, 11) is 0. The molecule has 2 rings (SSSR count). The second-order valence-corrected chi connectivity index (χ2v) is 5.04. The van der Waals surface area contributed by atoms with Crippen LogP contribution in [0.25, 0.3) is 0 Å². The van der Waals surface area contributed by atoms with Crippen molar-refractivity contribution in [3.05, 3.63) is 69.7 Å². The van der Waals surface area contributed by atoms with Gasteiger partial charge in [-0.2, -0.15) is 0 Å². The lowest BCUT2D eigenvalue weighted by Gasteiger charge is -2.03. The zero-order chi connectivity index (χ0) is 13.8. The second-order valence-electron chi connectivity index (χ2n) is 4.18. The Morgan fingerprint density at radius 2 is 1.89 bits per heavy atom. The molecular weight excluding hydrogens is 314 g/mol. The highest BCUT2D eigenvalue weighted by atomic mass is 79.9. The molecule has 0 aliphatic heterocycles. The van der Waals surface area contributed by atoms with Crippen molar-refractivity contribution >= 4 is 21.7 Å². The fourth-order valence-electron chi connectivity index (χ4n) is 1.76. The van der Waals surface area contributed by atoms with E-state index < -0.39 is 5.82 Å². The zero-order valence-electron chi connectivity index (χ0n) is 10.00. The minimum Gasteiger partial charge on any atom is -0.294 e. The number of carbonyl (C=O) groups excluding carboxylic acids is 1. The van der Waals surface area contributed by atoms with E-state index in [2.05, 4.69) is 15.9 Å². The first kappa shape index (κ1) is 13.9. The van der Waals surface area contributed by atoms with Gasteiger partial charge < -0.3 is 0 Å². The number of aryl methyl sites for hydroxylation is 1. The van der Waals surface area contributed by atoms with Crippen LogP contribution in [0.5, 0.6) is 0 Å². The Kier molecular flexibility index (Phi) is 4.43. The summed E-state index contributed by atoms with van der Waals surface area (Å²) >= 11 is 3.03. The molecule has 0 saturated carbocycles. The summed E-state index contributed by atoms with van der Waals surface area (Å²) in [5.74, 6) is -0.938. The third-order valence-electron chi connectivity index (χ3n) is 2.77. The first-order valence-electron chi connectivity index (χ1n) is 5.79. The van der Waals surface area contributed by atoms with Gasteiger partial charge in [0.05, 0.1) is 4.47 Å². The van der Waals surface area contributed by atoms with Crippen LogP contribution in [0, 0.1) is 11.6 Å². The Hall–Kier alpha value is -1.55. The molecule has 0 unspecified atom stereocenters. The predicted octanol–water partition coefficient (Wildman–Crippen LogP) is 4.54. The largest absolute Gasteiger partial charge is 0.294 e. The standard InChI is InChI=1S/C15H11BrF2O/c16-13-6-5-11(9-14(13)18)15(19)7-4-10-2-1-3-12(17)8-10/h1-3,5-6,8-9H,4,7H2. The number of benzene rings is 2. The molecule has 0 saturated heterocycles. The third kappa shape index (κ3) is 3.70. The van der Waals surface area contributed by atoms with Crippen LogP contribution >= 0.6 is 15.9 Å². The number of halogens is 3. The monoisotopic (exact) mass is 324 g/mol. The van der Waals surface area contributed by atoms with Gasteiger partial charge in [-0.1, -0.05) is 18.2 Å². The van der Waals surface area contributed by atoms with Gasteiger partial charge in [-0.05, 0) is 52.2 Å². The van der Waals surface area contributed by atoms with E-state index in [4.69, 9.17) is 0 Å². The molecule has 0 spiro atoms. The highest BCUT2D eigenvalue weighted by molar-refractivity contribution is 9.10. The van der Waals surface area contributed by atoms with E-state index in [1.807, 2.05) is 0 Å². The lowest BCUT2D eigenvalue weighted by Crippen LogP contribution is -2.02. The van der Waals surface area contributed by atoms with Crippen molar-refractivity contribution in [3.63, 3.8) is 0 Å². The Balaban J connectivity index is 2.03. The van der Waals surface area contributed by atoms with E-state index in [0.29, 0.717) is 16.5 Å². The third-order valence-corrected chi connectivity index (χ3v) is 3.41. The van der Waals surface area contributed by atoms with E-state index >= 15 is 0 Å². The molecule has 98 valence electrons. The van der Waals surface area contributed by atoms with Crippen LogP contribution in [-0.4, -0.2) is 5.78 Å². The van der Waals surface area contributed by atoms with E-state index in [-0.39, 0.29) is 18.0 Å². The Morgan fingerprint density at radius 3 is 2.58 bits per heavy atom. The highest BCUT2D eigenvalue weighted by Crippen LogP contribution is 2.18. The number of ketones is 1. The molecule has 0 N–H and O–H groups in total. The lowest BCUT2D eigenvalue weighted by atomic mass is 10.0. The van der Waals surface area contributed by atoms with Crippen LogP contribution in [0.2, 0.25) is 0 Å². The fourth-order valence-corrected chi connectivity index (χ4v) is 2.01. The van der Waals surface area contributed by atoms with Crippen molar-refractivity contribution in [2.75, 3.05) is 0 Å². The highest BCUT2D eigenvalue weighted by Gasteiger charge is 2.09. The van der Waals surface area contributed by atoms with Gasteiger partial charge in [0.2, 0.25) is 0 Å². The fraction of sp³-hybridized carbons (Fsp3) is 0.133. The molecule has 0 heterocycles. The van der Waals surface area contributed by atoms with Crippen molar-refractivity contribution in [2.24, 2.45) is 0 Å². The molecule has 0 fully saturated rings. The first-order valence-corrected chi connectivity index (χ1v) is 6.58. The summed E-state index contributed by atoms with van der Waals surface area (Å²) in [5, 5.41) is 0. The van der Waals surface area contributed by atoms with Gasteiger partial charge in [0.25, 0.3) is 0 Å². The normalized spacial score (nSPS) is 10.5. The molecule has 0 bridgehead atoms. The van der Waals surface area contributed by atoms with Crippen LogP contribution in [-0.2, 0) is 6.42 Å². The minimum absolute atomic E-state index is 0.157. The van der Waals surface area contributed by atoms with Crippen LogP contribution in [0.15, 0.2) is 46.9 Å². The maximum Gasteiger partial charge on any atom is 0.163 e. The van der Waals surface area contributed by atoms with Crippen LogP contribution in [0.4, 0.5) is 8.78 Å². The quantitative estimate of drug-likeness (QED) is 0.754. The van der Waals surface area contributed by atoms with E-state index in [1.165, 1.54) is 24.3 Å². The first-order chi connectivity index (χ1) is 9.06. The Morgan fingerprint density at radius 1 is 1.11 bits per heavy atom. The maximum atomic E-state index is 13.3. The second kappa shape index (κ2) is 6.06. The maximum absolute atomic E-state index is 13.3. The van der Waals surface area contributed by atoms with Crippen molar-refractivity contribution in [1.82, 2.24) is 0 Å². The average molecular weight is 325 g/mol. The summed E-state index contributed by atoms with van der Waals surface area (Å²) in [6.45, 7) is 0. The molecule has 2 aromatic carbocycles. The molecule has 0 atom stereocenters. The number of hydrogen-bond donors (Lipinski definition) is 0. The number of hydrogen-bond acceptors (Lipinski definition) is 1. The van der Waals surface area contributed by atoms with Gasteiger partial charge in [0.1, 0.15) is 11.6 Å². The minimum atomic E-state index is -0.461. The van der Waals surface area contributed by atoms with Crippen molar-refractivity contribution in [1.29, 1.82) is 0 Å². The summed E-state index contributed by atoms with van der Waals surface area (Å²) < 4.78 is 26.6. The van der Waals surface area contributed by atoms with Gasteiger partial charge >= 0.3 is 0 Å². The summed E-state index contributed by atoms with van der Waals surface area (Å²) in [4.78, 5) is 11.9. The topological polar surface area (TPSA) is 17.1 Å². The van der Waals surface area contributed by atoms with Crippen molar-refractivity contribution in [2.45, 2.75) is 12.8 Å². The zero-order valence-corrected chi connectivity index (χ0v) is 11.6. The molecule has 0 radical (unpaired) electrons. The molecule has 0 amide bonds. The lowest BCUT2D eigenvalue weighted by molar-refractivity contribution is 0.0982. The van der Waals surface area contributed by atoms with Crippen LogP contribution in [0.3, 0.4) is 0 Å². The Bertz CT molecular complexity index is 611. The number of carbonyl (C=O) groups is 1. The van der Waals surface area contributed by atoms with Gasteiger partial charge in [-0.3, -0.25) is 4.79 Å².